The maximum atomic E-state index is 10.8. The van der Waals surface area contributed by atoms with Crippen molar-refractivity contribution >= 4 is 5.91 Å². The minimum Gasteiger partial charge on any atom is -0.312 e. The molecule has 1 heterocycles. The highest BCUT2D eigenvalue weighted by atomic mass is 16.2. The molecule has 56 valence electrons. The Morgan fingerprint density at radius 1 is 1.80 bits per heavy atom. The second-order valence-corrected chi connectivity index (χ2v) is 2.20. The molecule has 1 aliphatic rings. The molecule has 0 saturated heterocycles. The van der Waals surface area contributed by atoms with Crippen molar-refractivity contribution in [1.29, 1.82) is 0 Å². The van der Waals surface area contributed by atoms with Gasteiger partial charge in [-0.3, -0.25) is 10.2 Å². The molecule has 0 saturated carbocycles. The highest BCUT2D eigenvalue weighted by molar-refractivity contribution is 5.80. The Balaban J connectivity index is 2.46. The fourth-order valence-corrected chi connectivity index (χ4v) is 0.910. The van der Waals surface area contributed by atoms with Crippen LogP contribution in [0.25, 0.3) is 0 Å². The summed E-state index contributed by atoms with van der Waals surface area (Å²) in [6, 6.07) is 0. The van der Waals surface area contributed by atoms with Crippen molar-refractivity contribution in [2.75, 3.05) is 13.1 Å². The molecule has 0 bridgehead atoms. The summed E-state index contributed by atoms with van der Waals surface area (Å²) in [6.45, 7) is 1.52. The third-order valence-corrected chi connectivity index (χ3v) is 1.47. The smallest absolute Gasteiger partial charge is 0.242 e. The molecule has 0 aromatic heterocycles. The fourth-order valence-electron chi connectivity index (χ4n) is 0.910. The van der Waals surface area contributed by atoms with E-state index in [2.05, 4.69) is 10.7 Å². The van der Waals surface area contributed by atoms with Gasteiger partial charge in [0, 0.05) is 13.1 Å². The first-order valence-corrected chi connectivity index (χ1v) is 3.22. The van der Waals surface area contributed by atoms with E-state index in [-0.39, 0.29) is 11.8 Å². The number of nitrogens with one attached hydrogen (secondary N) is 2. The molecule has 0 spiro atoms. The summed E-state index contributed by atoms with van der Waals surface area (Å²) < 4.78 is 0. The van der Waals surface area contributed by atoms with Crippen molar-refractivity contribution < 1.29 is 4.79 Å². The van der Waals surface area contributed by atoms with Crippen molar-refractivity contribution in [2.24, 2.45) is 11.8 Å². The zero-order valence-corrected chi connectivity index (χ0v) is 5.63. The first-order valence-electron chi connectivity index (χ1n) is 3.22. The molecule has 4 heteroatoms. The summed E-state index contributed by atoms with van der Waals surface area (Å²) >= 11 is 0. The second kappa shape index (κ2) is 3.34. The number of rotatable bonds is 1. The average Bonchev–Trinajstić information content (AvgIpc) is 2.05. The lowest BCUT2D eigenvalue weighted by molar-refractivity contribution is -0.123. The van der Waals surface area contributed by atoms with Gasteiger partial charge in [0.05, 0.1) is 5.92 Å². The predicted octanol–water partition coefficient (Wildman–Crippen LogP) is -1.25. The molecule has 1 atom stereocenters. The number of hydrogen-bond acceptors (Lipinski definition) is 3. The Hall–Kier alpha value is -0.870. The molecule has 1 rings (SSSR count). The third-order valence-electron chi connectivity index (χ3n) is 1.47. The van der Waals surface area contributed by atoms with Crippen LogP contribution in [-0.2, 0) is 4.79 Å². The lowest BCUT2D eigenvalue weighted by Gasteiger charge is -2.14. The summed E-state index contributed by atoms with van der Waals surface area (Å²) in [6.07, 6.45) is 3.78. The minimum atomic E-state index is -0.136. The molecule has 1 amide bonds. The van der Waals surface area contributed by atoms with Crippen LogP contribution >= 0.6 is 0 Å². The number of amides is 1. The number of hydrogen-bond donors (Lipinski definition) is 3. The van der Waals surface area contributed by atoms with E-state index in [9.17, 15) is 4.79 Å². The van der Waals surface area contributed by atoms with Gasteiger partial charge in [0.2, 0.25) is 5.91 Å². The first kappa shape index (κ1) is 7.24. The molecular formula is C6H11N3O. The van der Waals surface area contributed by atoms with Crippen molar-refractivity contribution in [3.8, 4) is 0 Å². The Labute approximate surface area is 59.4 Å². The molecule has 0 aromatic carbocycles. The van der Waals surface area contributed by atoms with Gasteiger partial charge in [-0.2, -0.15) is 0 Å². The van der Waals surface area contributed by atoms with E-state index in [1.807, 2.05) is 12.2 Å². The van der Waals surface area contributed by atoms with Gasteiger partial charge in [-0.1, -0.05) is 12.2 Å². The van der Waals surface area contributed by atoms with E-state index in [0.29, 0.717) is 6.54 Å². The Morgan fingerprint density at radius 2 is 2.60 bits per heavy atom. The van der Waals surface area contributed by atoms with Crippen molar-refractivity contribution in [2.45, 2.75) is 0 Å². The summed E-state index contributed by atoms with van der Waals surface area (Å²) in [5.74, 6) is 4.71. The van der Waals surface area contributed by atoms with E-state index >= 15 is 0 Å². The standard InChI is InChI=1S/C6H11N3O/c7-9-6(10)5-2-1-3-8-4-5/h1-2,5,8H,3-4,7H2,(H,9,10). The van der Waals surface area contributed by atoms with Crippen molar-refractivity contribution in [1.82, 2.24) is 10.7 Å². The van der Waals surface area contributed by atoms with E-state index in [1.165, 1.54) is 0 Å². The second-order valence-electron chi connectivity index (χ2n) is 2.20. The molecule has 0 radical (unpaired) electrons. The molecule has 1 aliphatic heterocycles. The topological polar surface area (TPSA) is 67.1 Å². The molecule has 4 nitrogen and oxygen atoms in total. The van der Waals surface area contributed by atoms with Gasteiger partial charge in [-0.05, 0) is 0 Å². The Morgan fingerprint density at radius 3 is 3.10 bits per heavy atom. The molecule has 4 N–H and O–H groups in total. The van der Waals surface area contributed by atoms with E-state index < -0.39 is 0 Å². The van der Waals surface area contributed by atoms with E-state index in [0.717, 1.165) is 6.54 Å². The van der Waals surface area contributed by atoms with Gasteiger partial charge in [-0.15, -0.1) is 0 Å². The van der Waals surface area contributed by atoms with Gasteiger partial charge < -0.3 is 5.32 Å². The maximum Gasteiger partial charge on any atom is 0.242 e. The predicted molar refractivity (Wildman–Crippen MR) is 37.8 cm³/mol. The normalized spacial score (nSPS) is 24.3. The fraction of sp³-hybridized carbons (Fsp3) is 0.500. The molecule has 0 aromatic rings. The van der Waals surface area contributed by atoms with Crippen molar-refractivity contribution in [3.63, 3.8) is 0 Å². The lowest BCUT2D eigenvalue weighted by atomic mass is 10.1. The van der Waals surface area contributed by atoms with Crippen LogP contribution < -0.4 is 16.6 Å². The number of nitrogens with two attached hydrogens (primary N) is 1. The zero-order valence-electron chi connectivity index (χ0n) is 5.63. The molecule has 0 aliphatic carbocycles. The van der Waals surface area contributed by atoms with E-state index in [4.69, 9.17) is 5.84 Å². The van der Waals surface area contributed by atoms with Crippen LogP contribution in [0, 0.1) is 5.92 Å². The summed E-state index contributed by atoms with van der Waals surface area (Å²) in [7, 11) is 0. The van der Waals surface area contributed by atoms with Crippen LogP contribution in [0.2, 0.25) is 0 Å². The van der Waals surface area contributed by atoms with Gasteiger partial charge in [0.1, 0.15) is 0 Å². The van der Waals surface area contributed by atoms with Crippen LogP contribution in [0.1, 0.15) is 0 Å². The molecule has 0 fully saturated rings. The molecule has 10 heavy (non-hydrogen) atoms. The number of carbonyl (C=O) groups is 1. The molecular weight excluding hydrogens is 130 g/mol. The van der Waals surface area contributed by atoms with Gasteiger partial charge in [-0.25, -0.2) is 5.84 Å². The van der Waals surface area contributed by atoms with Crippen LogP contribution in [0.4, 0.5) is 0 Å². The van der Waals surface area contributed by atoms with Gasteiger partial charge >= 0.3 is 0 Å². The summed E-state index contributed by atoms with van der Waals surface area (Å²) in [4.78, 5) is 10.8. The van der Waals surface area contributed by atoms with Crippen molar-refractivity contribution in [3.05, 3.63) is 12.2 Å². The van der Waals surface area contributed by atoms with E-state index in [1.54, 1.807) is 0 Å². The quantitative estimate of drug-likeness (QED) is 0.185. The highest BCUT2D eigenvalue weighted by Crippen LogP contribution is 2.00. The monoisotopic (exact) mass is 141 g/mol. The molecule has 1 unspecified atom stereocenters. The maximum absolute atomic E-state index is 10.8. The number of hydrazine groups is 1. The Bertz CT molecular complexity index is 155. The van der Waals surface area contributed by atoms with Gasteiger partial charge in [0.15, 0.2) is 0 Å². The SMILES string of the molecule is NNC(=O)C1C=CCNC1. The third kappa shape index (κ3) is 1.55. The highest BCUT2D eigenvalue weighted by Gasteiger charge is 2.14. The van der Waals surface area contributed by atoms with Crippen LogP contribution in [0.3, 0.4) is 0 Å². The first-order chi connectivity index (χ1) is 4.84. The Kier molecular flexibility index (Phi) is 2.42. The summed E-state index contributed by atoms with van der Waals surface area (Å²) in [5, 5.41) is 3.05. The largest absolute Gasteiger partial charge is 0.312 e. The van der Waals surface area contributed by atoms with Crippen LogP contribution in [0.15, 0.2) is 12.2 Å². The van der Waals surface area contributed by atoms with Gasteiger partial charge in [0.25, 0.3) is 0 Å². The minimum absolute atomic E-state index is 0.0984. The van der Waals surface area contributed by atoms with Crippen LogP contribution in [0.5, 0.6) is 0 Å². The lowest BCUT2D eigenvalue weighted by Crippen LogP contribution is -2.41. The van der Waals surface area contributed by atoms with Crippen LogP contribution in [-0.4, -0.2) is 19.0 Å². The average molecular weight is 141 g/mol. The zero-order chi connectivity index (χ0) is 7.40. The number of carbonyl (C=O) groups excluding carboxylic acids is 1. The summed E-state index contributed by atoms with van der Waals surface area (Å²) in [5.41, 5.74) is 2.10.